The van der Waals surface area contributed by atoms with Crippen LogP contribution >= 0.6 is 0 Å². The van der Waals surface area contributed by atoms with Crippen LogP contribution in [0.4, 0.5) is 4.39 Å². The minimum Gasteiger partial charge on any atom is -0.310 e. The number of hydrogen-bond acceptors (Lipinski definition) is 2. The molecule has 0 bridgehead atoms. The van der Waals surface area contributed by atoms with E-state index in [2.05, 4.69) is 16.4 Å². The molecule has 1 aromatic rings. The van der Waals surface area contributed by atoms with Crippen LogP contribution in [-0.2, 0) is 0 Å². The van der Waals surface area contributed by atoms with Crippen LogP contribution in [0.2, 0.25) is 0 Å². The largest absolute Gasteiger partial charge is 0.310 e. The van der Waals surface area contributed by atoms with Gasteiger partial charge in [0.25, 0.3) is 0 Å². The molecule has 3 heteroatoms. The van der Waals surface area contributed by atoms with Crippen molar-refractivity contribution in [3.05, 3.63) is 35.9 Å². The second kappa shape index (κ2) is 3.42. The molecule has 2 heterocycles. The third-order valence-corrected chi connectivity index (χ3v) is 3.36. The summed E-state index contributed by atoms with van der Waals surface area (Å²) in [6.45, 7) is 1.08. The van der Waals surface area contributed by atoms with E-state index >= 15 is 0 Å². The molecule has 1 aliphatic heterocycles. The van der Waals surface area contributed by atoms with E-state index in [0.717, 1.165) is 18.5 Å². The first-order valence-electron chi connectivity index (χ1n) is 5.39. The number of allylic oxidation sites excluding steroid dienone is 1. The van der Waals surface area contributed by atoms with E-state index in [-0.39, 0.29) is 5.82 Å². The molecule has 0 radical (unpaired) electrons. The Morgan fingerprint density at radius 2 is 2.33 bits per heavy atom. The van der Waals surface area contributed by atoms with E-state index < -0.39 is 0 Å². The smallest absolute Gasteiger partial charge is 0.142 e. The summed E-state index contributed by atoms with van der Waals surface area (Å²) in [7, 11) is 0. The van der Waals surface area contributed by atoms with Crippen molar-refractivity contribution in [3.63, 3.8) is 0 Å². The molecule has 15 heavy (non-hydrogen) atoms. The van der Waals surface area contributed by atoms with Crippen molar-refractivity contribution in [2.45, 2.75) is 18.9 Å². The standard InChI is InChI=1S/C12H13FN2/c13-10-5-9(6-14-7-10)11-2-1-8-3-4-15-12(8)11/h2,5-8,12,15H,1,3-4H2/t8-,12+/m1/s1. The lowest BCUT2D eigenvalue weighted by Crippen LogP contribution is -2.24. The van der Waals surface area contributed by atoms with Crippen molar-refractivity contribution in [2.75, 3.05) is 6.54 Å². The van der Waals surface area contributed by atoms with Crippen molar-refractivity contribution in [3.8, 4) is 0 Å². The van der Waals surface area contributed by atoms with E-state index in [1.54, 1.807) is 12.3 Å². The Morgan fingerprint density at radius 1 is 1.40 bits per heavy atom. The Labute approximate surface area is 88.2 Å². The molecule has 0 aromatic carbocycles. The summed E-state index contributed by atoms with van der Waals surface area (Å²) >= 11 is 0. The topological polar surface area (TPSA) is 24.9 Å². The lowest BCUT2D eigenvalue weighted by Gasteiger charge is -2.14. The molecule has 1 aliphatic carbocycles. The first kappa shape index (κ1) is 9.04. The van der Waals surface area contributed by atoms with Crippen molar-refractivity contribution in [1.29, 1.82) is 0 Å². The van der Waals surface area contributed by atoms with Gasteiger partial charge in [-0.25, -0.2) is 4.39 Å². The second-order valence-corrected chi connectivity index (χ2v) is 4.27. The molecule has 2 aliphatic rings. The van der Waals surface area contributed by atoms with Crippen LogP contribution < -0.4 is 5.32 Å². The molecular formula is C12H13FN2. The maximum absolute atomic E-state index is 13.1. The zero-order valence-electron chi connectivity index (χ0n) is 8.41. The van der Waals surface area contributed by atoms with Crippen LogP contribution in [0.15, 0.2) is 24.5 Å². The highest BCUT2D eigenvalue weighted by molar-refractivity contribution is 5.71. The summed E-state index contributed by atoms with van der Waals surface area (Å²) in [4.78, 5) is 3.90. The zero-order chi connectivity index (χ0) is 10.3. The van der Waals surface area contributed by atoms with Crippen LogP contribution in [-0.4, -0.2) is 17.6 Å². The number of nitrogens with zero attached hydrogens (tertiary/aromatic N) is 1. The average molecular weight is 204 g/mol. The van der Waals surface area contributed by atoms with Crippen LogP contribution in [0.1, 0.15) is 18.4 Å². The number of pyridine rings is 1. The Balaban J connectivity index is 1.94. The van der Waals surface area contributed by atoms with Gasteiger partial charge in [-0.2, -0.15) is 0 Å². The molecule has 1 fully saturated rings. The molecule has 1 aromatic heterocycles. The predicted molar refractivity (Wildman–Crippen MR) is 56.7 cm³/mol. The van der Waals surface area contributed by atoms with Crippen LogP contribution in [0.3, 0.4) is 0 Å². The van der Waals surface area contributed by atoms with E-state index in [1.807, 2.05) is 0 Å². The van der Waals surface area contributed by atoms with Crippen LogP contribution in [0, 0.1) is 11.7 Å². The van der Waals surface area contributed by atoms with Gasteiger partial charge in [-0.1, -0.05) is 6.08 Å². The van der Waals surface area contributed by atoms with Gasteiger partial charge < -0.3 is 5.32 Å². The highest BCUT2D eigenvalue weighted by Gasteiger charge is 2.33. The van der Waals surface area contributed by atoms with E-state index in [1.165, 1.54) is 18.2 Å². The van der Waals surface area contributed by atoms with Crippen molar-refractivity contribution < 1.29 is 4.39 Å². The van der Waals surface area contributed by atoms with Gasteiger partial charge in [0.05, 0.1) is 6.20 Å². The second-order valence-electron chi connectivity index (χ2n) is 4.27. The summed E-state index contributed by atoms with van der Waals surface area (Å²) in [5.41, 5.74) is 2.15. The van der Waals surface area contributed by atoms with Crippen molar-refractivity contribution >= 4 is 5.57 Å². The Bertz CT molecular complexity index is 414. The molecule has 3 rings (SSSR count). The normalized spacial score (nSPS) is 29.0. The van der Waals surface area contributed by atoms with Gasteiger partial charge >= 0.3 is 0 Å². The highest BCUT2D eigenvalue weighted by atomic mass is 19.1. The summed E-state index contributed by atoms with van der Waals surface area (Å²) in [6, 6.07) is 2.00. The predicted octanol–water partition coefficient (Wildman–Crippen LogP) is 1.99. The number of hydrogen-bond donors (Lipinski definition) is 1. The first-order valence-corrected chi connectivity index (χ1v) is 5.39. The molecule has 1 saturated heterocycles. The average Bonchev–Trinajstić information content (AvgIpc) is 2.77. The Hall–Kier alpha value is -1.22. The number of aromatic nitrogens is 1. The summed E-state index contributed by atoms with van der Waals surface area (Å²) < 4.78 is 13.1. The van der Waals surface area contributed by atoms with Gasteiger partial charge in [0.15, 0.2) is 0 Å². The molecular weight excluding hydrogens is 191 g/mol. The van der Waals surface area contributed by atoms with Crippen LogP contribution in [0.25, 0.3) is 5.57 Å². The highest BCUT2D eigenvalue weighted by Crippen LogP contribution is 2.37. The molecule has 78 valence electrons. The van der Waals surface area contributed by atoms with E-state index in [0.29, 0.717) is 12.0 Å². The third-order valence-electron chi connectivity index (χ3n) is 3.36. The van der Waals surface area contributed by atoms with Crippen LogP contribution in [0.5, 0.6) is 0 Å². The fraction of sp³-hybridized carbons (Fsp3) is 0.417. The number of halogens is 1. The number of fused-ring (bicyclic) bond motifs is 1. The monoisotopic (exact) mass is 204 g/mol. The van der Waals surface area contributed by atoms with Gasteiger partial charge in [-0.05, 0) is 36.9 Å². The van der Waals surface area contributed by atoms with Gasteiger partial charge in [0.1, 0.15) is 5.82 Å². The van der Waals surface area contributed by atoms with E-state index in [4.69, 9.17) is 0 Å². The lowest BCUT2D eigenvalue weighted by molar-refractivity contribution is 0.556. The molecule has 0 amide bonds. The SMILES string of the molecule is Fc1cncc(C2=CC[C@@H]3CCN[C@H]23)c1. The fourth-order valence-electron chi connectivity index (χ4n) is 2.65. The van der Waals surface area contributed by atoms with E-state index in [9.17, 15) is 4.39 Å². The van der Waals surface area contributed by atoms with Gasteiger partial charge in [-0.3, -0.25) is 4.98 Å². The summed E-state index contributed by atoms with van der Waals surface area (Å²) in [6.07, 6.45) is 7.56. The Morgan fingerprint density at radius 3 is 3.20 bits per heavy atom. The van der Waals surface area contributed by atoms with Gasteiger partial charge in [0, 0.05) is 17.8 Å². The molecule has 2 nitrogen and oxygen atoms in total. The van der Waals surface area contributed by atoms with Gasteiger partial charge in [-0.15, -0.1) is 0 Å². The molecule has 1 N–H and O–H groups in total. The minimum atomic E-state index is -0.255. The van der Waals surface area contributed by atoms with Crippen molar-refractivity contribution in [1.82, 2.24) is 10.3 Å². The van der Waals surface area contributed by atoms with Crippen molar-refractivity contribution in [2.24, 2.45) is 5.92 Å². The first-order chi connectivity index (χ1) is 7.34. The molecule has 0 saturated carbocycles. The minimum absolute atomic E-state index is 0.255. The molecule has 0 spiro atoms. The number of nitrogens with one attached hydrogen (secondary N) is 1. The van der Waals surface area contributed by atoms with Gasteiger partial charge in [0.2, 0.25) is 0 Å². The summed E-state index contributed by atoms with van der Waals surface area (Å²) in [5, 5.41) is 3.47. The summed E-state index contributed by atoms with van der Waals surface area (Å²) in [5.74, 6) is 0.457. The molecule has 2 atom stereocenters. The maximum Gasteiger partial charge on any atom is 0.142 e. The maximum atomic E-state index is 13.1. The Kier molecular flexibility index (Phi) is 2.06. The lowest BCUT2D eigenvalue weighted by atomic mass is 9.97. The zero-order valence-corrected chi connectivity index (χ0v) is 8.41. The fourth-order valence-corrected chi connectivity index (χ4v) is 2.65. The third kappa shape index (κ3) is 1.47. The number of rotatable bonds is 1. The molecule has 0 unspecified atom stereocenters. The quantitative estimate of drug-likeness (QED) is 0.756.